The lowest BCUT2D eigenvalue weighted by Crippen LogP contribution is -2.25. The van der Waals surface area contributed by atoms with Crippen LogP contribution in [-0.4, -0.2) is 11.5 Å². The van der Waals surface area contributed by atoms with Crippen molar-refractivity contribution in [1.82, 2.24) is 10.3 Å². The molecule has 1 N–H and O–H groups in total. The van der Waals surface area contributed by atoms with Crippen molar-refractivity contribution in [1.29, 1.82) is 0 Å². The molecule has 0 spiro atoms. The highest BCUT2D eigenvalue weighted by Gasteiger charge is 2.13. The van der Waals surface area contributed by atoms with Gasteiger partial charge in [0.05, 0.1) is 0 Å². The van der Waals surface area contributed by atoms with Crippen LogP contribution >= 0.6 is 0 Å². The second kappa shape index (κ2) is 6.75. The van der Waals surface area contributed by atoms with Crippen LogP contribution in [0, 0.1) is 5.92 Å². The lowest BCUT2D eigenvalue weighted by Gasteiger charge is -2.19. The minimum atomic E-state index is 0.423. The predicted octanol–water partition coefficient (Wildman–Crippen LogP) is 3.70. The van der Waals surface area contributed by atoms with E-state index in [1.165, 1.54) is 44.1 Å². The SMILES string of the molecule is C[C@@H](NCC1CCCCCC1)c1cccnc1. The summed E-state index contributed by atoms with van der Waals surface area (Å²) in [5, 5.41) is 3.66. The zero-order valence-electron chi connectivity index (χ0n) is 10.9. The fourth-order valence-corrected chi connectivity index (χ4v) is 2.66. The van der Waals surface area contributed by atoms with Crippen molar-refractivity contribution >= 4 is 0 Å². The molecule has 1 atom stereocenters. The summed E-state index contributed by atoms with van der Waals surface area (Å²) in [5.74, 6) is 0.886. The monoisotopic (exact) mass is 232 g/mol. The van der Waals surface area contributed by atoms with E-state index in [0.29, 0.717) is 6.04 Å². The topological polar surface area (TPSA) is 24.9 Å². The molecule has 2 heteroatoms. The van der Waals surface area contributed by atoms with E-state index in [1.54, 1.807) is 0 Å². The van der Waals surface area contributed by atoms with E-state index in [4.69, 9.17) is 0 Å². The highest BCUT2D eigenvalue weighted by Crippen LogP contribution is 2.23. The number of nitrogens with one attached hydrogen (secondary N) is 1. The molecule has 2 rings (SSSR count). The fourth-order valence-electron chi connectivity index (χ4n) is 2.66. The van der Waals surface area contributed by atoms with Crippen LogP contribution in [0.3, 0.4) is 0 Å². The van der Waals surface area contributed by atoms with Crippen molar-refractivity contribution in [2.45, 2.75) is 51.5 Å². The van der Waals surface area contributed by atoms with Crippen LogP contribution in [0.1, 0.15) is 57.1 Å². The predicted molar refractivity (Wildman–Crippen MR) is 71.8 cm³/mol. The zero-order valence-corrected chi connectivity index (χ0v) is 10.9. The summed E-state index contributed by atoms with van der Waals surface area (Å²) in [4.78, 5) is 4.18. The van der Waals surface area contributed by atoms with Crippen LogP contribution in [-0.2, 0) is 0 Å². The first-order valence-electron chi connectivity index (χ1n) is 6.99. The number of nitrogens with zero attached hydrogens (tertiary/aromatic N) is 1. The normalized spacial score (nSPS) is 19.8. The van der Waals surface area contributed by atoms with E-state index in [2.05, 4.69) is 23.3 Å². The Labute approximate surface area is 105 Å². The van der Waals surface area contributed by atoms with Crippen LogP contribution in [0.2, 0.25) is 0 Å². The Morgan fingerprint density at radius 3 is 2.71 bits per heavy atom. The summed E-state index contributed by atoms with van der Waals surface area (Å²) >= 11 is 0. The Hall–Kier alpha value is -0.890. The van der Waals surface area contributed by atoms with E-state index >= 15 is 0 Å². The molecule has 0 aromatic carbocycles. The minimum absolute atomic E-state index is 0.423. The second-order valence-electron chi connectivity index (χ2n) is 5.27. The Balaban J connectivity index is 1.77. The van der Waals surface area contributed by atoms with Crippen molar-refractivity contribution in [2.24, 2.45) is 5.92 Å². The molecular weight excluding hydrogens is 208 g/mol. The molecule has 0 amide bonds. The molecule has 0 unspecified atom stereocenters. The van der Waals surface area contributed by atoms with Gasteiger partial charge < -0.3 is 5.32 Å². The molecule has 1 fully saturated rings. The van der Waals surface area contributed by atoms with E-state index < -0.39 is 0 Å². The first kappa shape index (κ1) is 12.6. The first-order chi connectivity index (χ1) is 8.36. The number of pyridine rings is 1. The molecule has 94 valence electrons. The highest BCUT2D eigenvalue weighted by atomic mass is 14.9. The Morgan fingerprint density at radius 2 is 2.06 bits per heavy atom. The lowest BCUT2D eigenvalue weighted by molar-refractivity contribution is 0.402. The second-order valence-corrected chi connectivity index (χ2v) is 5.27. The van der Waals surface area contributed by atoms with Crippen molar-refractivity contribution in [2.75, 3.05) is 6.54 Å². The number of rotatable bonds is 4. The number of hydrogen-bond acceptors (Lipinski definition) is 2. The molecule has 0 aliphatic heterocycles. The van der Waals surface area contributed by atoms with Crippen LogP contribution in [0.5, 0.6) is 0 Å². The largest absolute Gasteiger partial charge is 0.310 e. The van der Waals surface area contributed by atoms with Gasteiger partial charge in [-0.25, -0.2) is 0 Å². The van der Waals surface area contributed by atoms with Gasteiger partial charge in [0.2, 0.25) is 0 Å². The molecule has 1 aliphatic rings. The van der Waals surface area contributed by atoms with Crippen LogP contribution in [0.25, 0.3) is 0 Å². The third-order valence-corrected chi connectivity index (χ3v) is 3.87. The van der Waals surface area contributed by atoms with Gasteiger partial charge in [-0.05, 0) is 43.9 Å². The van der Waals surface area contributed by atoms with Gasteiger partial charge in [-0.1, -0.05) is 31.7 Å². The molecular formula is C15H24N2. The first-order valence-corrected chi connectivity index (χ1v) is 6.99. The van der Waals surface area contributed by atoms with Crippen molar-refractivity contribution in [3.63, 3.8) is 0 Å². The van der Waals surface area contributed by atoms with Gasteiger partial charge in [0.25, 0.3) is 0 Å². The summed E-state index contributed by atoms with van der Waals surface area (Å²) in [6.07, 6.45) is 12.3. The molecule has 1 heterocycles. The average molecular weight is 232 g/mol. The number of hydrogen-bond donors (Lipinski definition) is 1. The molecule has 2 nitrogen and oxygen atoms in total. The third-order valence-electron chi connectivity index (χ3n) is 3.87. The van der Waals surface area contributed by atoms with Crippen molar-refractivity contribution in [3.05, 3.63) is 30.1 Å². The summed E-state index contributed by atoms with van der Waals surface area (Å²) in [7, 11) is 0. The molecule has 1 aromatic rings. The van der Waals surface area contributed by atoms with E-state index in [-0.39, 0.29) is 0 Å². The summed E-state index contributed by atoms with van der Waals surface area (Å²) in [6, 6.07) is 4.59. The molecule has 0 saturated heterocycles. The minimum Gasteiger partial charge on any atom is -0.310 e. The quantitative estimate of drug-likeness (QED) is 0.801. The van der Waals surface area contributed by atoms with E-state index in [1.807, 2.05) is 18.5 Å². The van der Waals surface area contributed by atoms with Crippen LogP contribution < -0.4 is 5.32 Å². The summed E-state index contributed by atoms with van der Waals surface area (Å²) in [5.41, 5.74) is 1.29. The molecule has 0 radical (unpaired) electrons. The van der Waals surface area contributed by atoms with Gasteiger partial charge in [-0.3, -0.25) is 4.98 Å². The number of aromatic nitrogens is 1. The summed E-state index contributed by atoms with van der Waals surface area (Å²) in [6.45, 7) is 3.39. The van der Waals surface area contributed by atoms with Crippen LogP contribution in [0.4, 0.5) is 0 Å². The van der Waals surface area contributed by atoms with Gasteiger partial charge in [-0.2, -0.15) is 0 Å². The van der Waals surface area contributed by atoms with Gasteiger partial charge >= 0.3 is 0 Å². The Morgan fingerprint density at radius 1 is 1.29 bits per heavy atom. The van der Waals surface area contributed by atoms with E-state index in [0.717, 1.165) is 12.5 Å². The smallest absolute Gasteiger partial charge is 0.0315 e. The third kappa shape index (κ3) is 4.12. The lowest BCUT2D eigenvalue weighted by atomic mass is 9.99. The summed E-state index contributed by atoms with van der Waals surface area (Å²) < 4.78 is 0. The van der Waals surface area contributed by atoms with Gasteiger partial charge in [0, 0.05) is 18.4 Å². The molecule has 0 bridgehead atoms. The van der Waals surface area contributed by atoms with E-state index in [9.17, 15) is 0 Å². The molecule has 1 aromatic heterocycles. The van der Waals surface area contributed by atoms with Gasteiger partial charge in [0.1, 0.15) is 0 Å². The van der Waals surface area contributed by atoms with Gasteiger partial charge in [0.15, 0.2) is 0 Å². The fraction of sp³-hybridized carbons (Fsp3) is 0.667. The van der Waals surface area contributed by atoms with Crippen molar-refractivity contribution < 1.29 is 0 Å². The zero-order chi connectivity index (χ0) is 11.9. The van der Waals surface area contributed by atoms with Crippen molar-refractivity contribution in [3.8, 4) is 0 Å². The average Bonchev–Trinajstić information content (AvgIpc) is 2.65. The standard InChI is InChI=1S/C15H24N2/c1-13(15-9-6-10-16-12-15)17-11-14-7-4-2-3-5-8-14/h6,9-10,12-14,17H,2-5,7-8,11H2,1H3/t13-/m1/s1. The Bertz CT molecular complexity index is 302. The maximum Gasteiger partial charge on any atom is 0.0315 e. The molecule has 17 heavy (non-hydrogen) atoms. The molecule has 1 saturated carbocycles. The highest BCUT2D eigenvalue weighted by molar-refractivity contribution is 5.12. The van der Waals surface area contributed by atoms with Crippen LogP contribution in [0.15, 0.2) is 24.5 Å². The maximum atomic E-state index is 4.18. The molecule has 1 aliphatic carbocycles. The maximum absolute atomic E-state index is 4.18. The van der Waals surface area contributed by atoms with Gasteiger partial charge in [-0.15, -0.1) is 0 Å². The Kier molecular flexibility index (Phi) is 4.99.